The summed E-state index contributed by atoms with van der Waals surface area (Å²) in [6.45, 7) is 3.86. The van der Waals surface area contributed by atoms with Gasteiger partial charge < -0.3 is 9.64 Å². The van der Waals surface area contributed by atoms with Crippen molar-refractivity contribution in [3.05, 3.63) is 28.2 Å². The maximum Gasteiger partial charge on any atom is 0.260 e. The zero-order valence-corrected chi connectivity index (χ0v) is 11.5. The second kappa shape index (κ2) is 5.54. The lowest BCUT2D eigenvalue weighted by Crippen LogP contribution is -2.32. The van der Waals surface area contributed by atoms with Crippen LogP contribution in [-0.2, 0) is 4.79 Å². The first-order valence-electron chi connectivity index (χ1n) is 5.83. The SMILES string of the molecule is Cc1ccc(Br)cc1OCC(=O)N1CCCC1. The number of ether oxygens (including phenoxy) is 1. The predicted octanol–water partition coefficient (Wildman–Crippen LogP) is 2.76. The number of rotatable bonds is 3. The van der Waals surface area contributed by atoms with E-state index < -0.39 is 0 Å². The third-order valence-corrected chi connectivity index (χ3v) is 3.45. The van der Waals surface area contributed by atoms with Crippen molar-refractivity contribution in [1.82, 2.24) is 4.90 Å². The Morgan fingerprint density at radius 2 is 2.12 bits per heavy atom. The Bertz CT molecular complexity index is 414. The van der Waals surface area contributed by atoms with Gasteiger partial charge in [-0.25, -0.2) is 0 Å². The molecule has 1 aliphatic rings. The number of nitrogens with zero attached hydrogens (tertiary/aromatic N) is 1. The van der Waals surface area contributed by atoms with Crippen molar-refractivity contribution in [3.8, 4) is 5.75 Å². The van der Waals surface area contributed by atoms with Crippen LogP contribution in [0.15, 0.2) is 22.7 Å². The molecular weight excluding hydrogens is 282 g/mol. The summed E-state index contributed by atoms with van der Waals surface area (Å²) in [5.41, 5.74) is 1.04. The maximum absolute atomic E-state index is 11.8. The van der Waals surface area contributed by atoms with Crippen molar-refractivity contribution in [2.45, 2.75) is 19.8 Å². The summed E-state index contributed by atoms with van der Waals surface area (Å²) in [4.78, 5) is 13.7. The average Bonchev–Trinajstić information content (AvgIpc) is 2.83. The van der Waals surface area contributed by atoms with E-state index in [1.165, 1.54) is 0 Å². The van der Waals surface area contributed by atoms with Gasteiger partial charge in [-0.05, 0) is 37.5 Å². The van der Waals surface area contributed by atoms with Gasteiger partial charge in [-0.15, -0.1) is 0 Å². The second-order valence-corrected chi connectivity index (χ2v) is 5.20. The summed E-state index contributed by atoms with van der Waals surface area (Å²) in [6, 6.07) is 5.83. The van der Waals surface area contributed by atoms with E-state index in [0.717, 1.165) is 41.7 Å². The van der Waals surface area contributed by atoms with Gasteiger partial charge in [0.2, 0.25) is 0 Å². The van der Waals surface area contributed by atoms with Gasteiger partial charge in [-0.2, -0.15) is 0 Å². The standard InChI is InChI=1S/C13H16BrNO2/c1-10-4-5-11(14)8-12(10)17-9-13(16)15-6-2-3-7-15/h4-5,8H,2-3,6-7,9H2,1H3. The molecule has 1 fully saturated rings. The molecule has 0 unspecified atom stereocenters. The highest BCUT2D eigenvalue weighted by atomic mass is 79.9. The minimum atomic E-state index is 0.0851. The van der Waals surface area contributed by atoms with Crippen molar-refractivity contribution in [2.24, 2.45) is 0 Å². The first-order valence-corrected chi connectivity index (χ1v) is 6.63. The minimum absolute atomic E-state index is 0.0851. The minimum Gasteiger partial charge on any atom is -0.483 e. The first-order chi connectivity index (χ1) is 8.16. The number of amides is 1. The molecule has 17 heavy (non-hydrogen) atoms. The molecule has 1 amide bonds. The number of benzene rings is 1. The van der Waals surface area contributed by atoms with Gasteiger partial charge in [0.15, 0.2) is 6.61 Å². The Hall–Kier alpha value is -1.03. The summed E-state index contributed by atoms with van der Waals surface area (Å²) >= 11 is 3.39. The third-order valence-electron chi connectivity index (χ3n) is 2.96. The molecular formula is C13H16BrNO2. The number of halogens is 1. The number of hydrogen-bond donors (Lipinski definition) is 0. The van der Waals surface area contributed by atoms with Crippen LogP contribution in [0.1, 0.15) is 18.4 Å². The number of hydrogen-bond acceptors (Lipinski definition) is 2. The molecule has 0 aromatic heterocycles. The van der Waals surface area contributed by atoms with E-state index >= 15 is 0 Å². The average molecular weight is 298 g/mol. The Balaban J connectivity index is 1.92. The van der Waals surface area contributed by atoms with Crippen LogP contribution in [0.4, 0.5) is 0 Å². The van der Waals surface area contributed by atoms with Gasteiger partial charge in [0.1, 0.15) is 5.75 Å². The molecule has 1 aromatic rings. The van der Waals surface area contributed by atoms with Crippen LogP contribution >= 0.6 is 15.9 Å². The highest BCUT2D eigenvalue weighted by molar-refractivity contribution is 9.10. The van der Waals surface area contributed by atoms with E-state index in [4.69, 9.17) is 4.74 Å². The van der Waals surface area contributed by atoms with Gasteiger partial charge in [-0.1, -0.05) is 22.0 Å². The lowest BCUT2D eigenvalue weighted by molar-refractivity contribution is -0.132. The fraction of sp³-hybridized carbons (Fsp3) is 0.462. The lowest BCUT2D eigenvalue weighted by Gasteiger charge is -2.16. The summed E-state index contributed by atoms with van der Waals surface area (Å²) in [6.07, 6.45) is 2.23. The van der Waals surface area contributed by atoms with Crippen molar-refractivity contribution in [2.75, 3.05) is 19.7 Å². The molecule has 2 rings (SSSR count). The molecule has 0 aliphatic carbocycles. The lowest BCUT2D eigenvalue weighted by atomic mass is 10.2. The van der Waals surface area contributed by atoms with Crippen LogP contribution in [0.3, 0.4) is 0 Å². The van der Waals surface area contributed by atoms with Crippen molar-refractivity contribution >= 4 is 21.8 Å². The molecule has 0 N–H and O–H groups in total. The van der Waals surface area contributed by atoms with Crippen LogP contribution in [0.5, 0.6) is 5.75 Å². The molecule has 1 heterocycles. The smallest absolute Gasteiger partial charge is 0.260 e. The first kappa shape index (κ1) is 12.4. The van der Waals surface area contributed by atoms with E-state index in [2.05, 4.69) is 15.9 Å². The number of aryl methyl sites for hydroxylation is 1. The van der Waals surface area contributed by atoms with Gasteiger partial charge in [0, 0.05) is 17.6 Å². The normalized spacial score (nSPS) is 15.1. The van der Waals surface area contributed by atoms with Crippen LogP contribution in [0, 0.1) is 6.92 Å². The summed E-state index contributed by atoms with van der Waals surface area (Å²) in [5, 5.41) is 0. The largest absolute Gasteiger partial charge is 0.483 e. The highest BCUT2D eigenvalue weighted by Crippen LogP contribution is 2.23. The Morgan fingerprint density at radius 3 is 2.82 bits per heavy atom. The molecule has 4 heteroatoms. The van der Waals surface area contributed by atoms with Gasteiger partial charge in [-0.3, -0.25) is 4.79 Å². The fourth-order valence-corrected chi connectivity index (χ4v) is 2.27. The van der Waals surface area contributed by atoms with E-state index in [-0.39, 0.29) is 12.5 Å². The van der Waals surface area contributed by atoms with E-state index in [9.17, 15) is 4.79 Å². The summed E-state index contributed by atoms with van der Waals surface area (Å²) in [5.74, 6) is 0.855. The predicted molar refractivity (Wildman–Crippen MR) is 70.2 cm³/mol. The van der Waals surface area contributed by atoms with Crippen LogP contribution in [0.25, 0.3) is 0 Å². The molecule has 3 nitrogen and oxygen atoms in total. The molecule has 0 spiro atoms. The fourth-order valence-electron chi connectivity index (χ4n) is 1.93. The molecule has 0 radical (unpaired) electrons. The number of likely N-dealkylation sites (tertiary alicyclic amines) is 1. The molecule has 92 valence electrons. The Labute approximate surface area is 110 Å². The Kier molecular flexibility index (Phi) is 4.05. The summed E-state index contributed by atoms with van der Waals surface area (Å²) in [7, 11) is 0. The highest BCUT2D eigenvalue weighted by Gasteiger charge is 2.18. The molecule has 1 aromatic carbocycles. The van der Waals surface area contributed by atoms with Crippen molar-refractivity contribution in [1.29, 1.82) is 0 Å². The molecule has 0 bridgehead atoms. The topological polar surface area (TPSA) is 29.5 Å². The Morgan fingerprint density at radius 1 is 1.41 bits per heavy atom. The van der Waals surface area contributed by atoms with Gasteiger partial charge >= 0.3 is 0 Å². The van der Waals surface area contributed by atoms with E-state index in [1.54, 1.807) is 0 Å². The van der Waals surface area contributed by atoms with E-state index in [0.29, 0.717) is 0 Å². The molecule has 0 atom stereocenters. The van der Waals surface area contributed by atoms with Crippen LogP contribution in [0.2, 0.25) is 0 Å². The van der Waals surface area contributed by atoms with Gasteiger partial charge in [0.05, 0.1) is 0 Å². The van der Waals surface area contributed by atoms with E-state index in [1.807, 2.05) is 30.0 Å². The second-order valence-electron chi connectivity index (χ2n) is 4.29. The number of carbonyl (C=O) groups excluding carboxylic acids is 1. The molecule has 1 saturated heterocycles. The zero-order chi connectivity index (χ0) is 12.3. The summed E-state index contributed by atoms with van der Waals surface area (Å²) < 4.78 is 6.54. The van der Waals surface area contributed by atoms with Crippen LogP contribution in [-0.4, -0.2) is 30.5 Å². The molecule has 1 aliphatic heterocycles. The van der Waals surface area contributed by atoms with Crippen LogP contribution < -0.4 is 4.74 Å². The maximum atomic E-state index is 11.8. The van der Waals surface area contributed by atoms with Crippen molar-refractivity contribution in [3.63, 3.8) is 0 Å². The zero-order valence-electron chi connectivity index (χ0n) is 9.91. The third kappa shape index (κ3) is 3.22. The van der Waals surface area contributed by atoms with Gasteiger partial charge in [0.25, 0.3) is 5.91 Å². The monoisotopic (exact) mass is 297 g/mol. The quantitative estimate of drug-likeness (QED) is 0.859. The van der Waals surface area contributed by atoms with Crippen molar-refractivity contribution < 1.29 is 9.53 Å². The number of carbonyl (C=O) groups is 1. The molecule has 0 saturated carbocycles.